The maximum atomic E-state index is 13.9. The summed E-state index contributed by atoms with van der Waals surface area (Å²) < 4.78 is 18.8. The number of hydrogen-bond acceptors (Lipinski definition) is 2. The molecule has 1 aliphatic carbocycles. The van der Waals surface area contributed by atoms with E-state index in [1.54, 1.807) is 12.1 Å². The van der Waals surface area contributed by atoms with Crippen LogP contribution in [0.25, 0.3) is 0 Å². The van der Waals surface area contributed by atoms with E-state index in [4.69, 9.17) is 4.74 Å². The molecule has 1 N–H and O–H groups in total. The topological polar surface area (TPSA) is 46.5 Å². The van der Waals surface area contributed by atoms with E-state index < -0.39 is 11.4 Å². The Kier molecular flexibility index (Phi) is 3.55. The summed E-state index contributed by atoms with van der Waals surface area (Å²) >= 11 is 0. The molecule has 0 saturated heterocycles. The van der Waals surface area contributed by atoms with Crippen molar-refractivity contribution in [3.05, 3.63) is 29.6 Å². The Hall–Kier alpha value is -1.58. The normalized spacial score (nSPS) is 17.7. The first kappa shape index (κ1) is 12.9. The lowest BCUT2D eigenvalue weighted by molar-refractivity contribution is -0.148. The molecule has 1 aliphatic rings. The van der Waals surface area contributed by atoms with Crippen molar-refractivity contribution in [1.82, 2.24) is 0 Å². The van der Waals surface area contributed by atoms with Crippen LogP contribution < -0.4 is 4.74 Å². The summed E-state index contributed by atoms with van der Waals surface area (Å²) in [5, 5.41) is 9.37. The number of rotatable bonds is 4. The summed E-state index contributed by atoms with van der Waals surface area (Å²) in [5.41, 5.74) is -0.324. The van der Waals surface area contributed by atoms with Gasteiger partial charge in [0.05, 0.1) is 12.5 Å². The molecule has 4 heteroatoms. The van der Waals surface area contributed by atoms with Crippen LogP contribution >= 0.6 is 0 Å². The average molecular weight is 252 g/mol. The van der Waals surface area contributed by atoms with E-state index in [1.807, 2.05) is 0 Å². The summed E-state index contributed by atoms with van der Waals surface area (Å²) in [7, 11) is 1.48. The van der Waals surface area contributed by atoms with Crippen molar-refractivity contribution in [2.75, 3.05) is 7.11 Å². The molecule has 0 aromatic heterocycles. The van der Waals surface area contributed by atoms with Crippen molar-refractivity contribution in [3.8, 4) is 5.75 Å². The smallest absolute Gasteiger partial charge is 0.309 e. The highest BCUT2D eigenvalue weighted by molar-refractivity contribution is 5.75. The first-order chi connectivity index (χ1) is 8.57. The third-order valence-corrected chi connectivity index (χ3v) is 3.80. The van der Waals surface area contributed by atoms with Crippen molar-refractivity contribution in [1.29, 1.82) is 0 Å². The maximum Gasteiger partial charge on any atom is 0.309 e. The highest BCUT2D eigenvalue weighted by atomic mass is 19.1. The second kappa shape index (κ2) is 4.96. The van der Waals surface area contributed by atoms with Gasteiger partial charge >= 0.3 is 5.97 Å². The van der Waals surface area contributed by atoms with E-state index in [0.29, 0.717) is 24.2 Å². The molecule has 0 aliphatic heterocycles. The zero-order valence-electron chi connectivity index (χ0n) is 10.4. The molecule has 3 nitrogen and oxygen atoms in total. The van der Waals surface area contributed by atoms with E-state index in [2.05, 4.69) is 0 Å². The monoisotopic (exact) mass is 252 g/mol. The number of carbonyl (C=O) groups is 1. The molecule has 0 spiro atoms. The van der Waals surface area contributed by atoms with Gasteiger partial charge in [-0.05, 0) is 30.9 Å². The Morgan fingerprint density at radius 2 is 2.11 bits per heavy atom. The van der Waals surface area contributed by atoms with Gasteiger partial charge in [-0.1, -0.05) is 18.9 Å². The Morgan fingerprint density at radius 3 is 2.61 bits per heavy atom. The van der Waals surface area contributed by atoms with Crippen molar-refractivity contribution >= 4 is 5.97 Å². The summed E-state index contributed by atoms with van der Waals surface area (Å²) in [4.78, 5) is 11.4. The lowest BCUT2D eigenvalue weighted by atomic mass is 9.80. The number of carboxylic acid groups (broad SMARTS) is 1. The molecule has 1 saturated carbocycles. The number of ether oxygens (including phenoxy) is 1. The molecule has 1 fully saturated rings. The van der Waals surface area contributed by atoms with Crippen LogP contribution in [-0.4, -0.2) is 18.2 Å². The van der Waals surface area contributed by atoms with E-state index in [9.17, 15) is 14.3 Å². The van der Waals surface area contributed by atoms with E-state index in [1.165, 1.54) is 13.2 Å². The van der Waals surface area contributed by atoms with Crippen LogP contribution in [-0.2, 0) is 11.2 Å². The zero-order valence-corrected chi connectivity index (χ0v) is 10.4. The molecular formula is C14H17FO3. The van der Waals surface area contributed by atoms with Gasteiger partial charge in [0.2, 0.25) is 0 Å². The molecule has 0 amide bonds. The standard InChI is InChI=1S/C14H17FO3/c1-18-11-5-4-10(12(15)8-11)9-14(13(16)17)6-2-3-7-14/h4-5,8H,2-3,6-7,9H2,1H3,(H,16,17). The third-order valence-electron chi connectivity index (χ3n) is 3.80. The molecule has 0 atom stereocenters. The fourth-order valence-corrected chi connectivity index (χ4v) is 2.68. The van der Waals surface area contributed by atoms with Crippen molar-refractivity contribution in [3.63, 3.8) is 0 Å². The number of halogens is 1. The van der Waals surface area contributed by atoms with Gasteiger partial charge in [0.15, 0.2) is 0 Å². The highest BCUT2D eigenvalue weighted by Gasteiger charge is 2.41. The number of carboxylic acids is 1. The SMILES string of the molecule is COc1ccc(CC2(C(=O)O)CCCC2)c(F)c1. The molecule has 18 heavy (non-hydrogen) atoms. The first-order valence-corrected chi connectivity index (χ1v) is 6.13. The second-order valence-electron chi connectivity index (χ2n) is 4.93. The molecule has 0 bridgehead atoms. The van der Waals surface area contributed by atoms with Crippen LogP contribution in [0, 0.1) is 11.2 Å². The van der Waals surface area contributed by atoms with Crippen molar-refractivity contribution in [2.45, 2.75) is 32.1 Å². The molecule has 1 aromatic rings. The van der Waals surface area contributed by atoms with Gasteiger partial charge in [-0.15, -0.1) is 0 Å². The van der Waals surface area contributed by atoms with E-state index >= 15 is 0 Å². The van der Waals surface area contributed by atoms with Gasteiger partial charge < -0.3 is 9.84 Å². The highest BCUT2D eigenvalue weighted by Crippen LogP contribution is 2.41. The minimum absolute atomic E-state index is 0.262. The van der Waals surface area contributed by atoms with Gasteiger partial charge in [0, 0.05) is 6.07 Å². The van der Waals surface area contributed by atoms with Crippen LogP contribution in [0.5, 0.6) is 5.75 Å². The fraction of sp³-hybridized carbons (Fsp3) is 0.500. The molecule has 98 valence electrons. The second-order valence-corrected chi connectivity index (χ2v) is 4.93. The number of aliphatic carboxylic acids is 1. The predicted octanol–water partition coefficient (Wildman–Crippen LogP) is 3.02. The van der Waals surface area contributed by atoms with Crippen LogP contribution in [0.3, 0.4) is 0 Å². The predicted molar refractivity (Wildman–Crippen MR) is 65.2 cm³/mol. The quantitative estimate of drug-likeness (QED) is 0.896. The van der Waals surface area contributed by atoms with E-state index in [0.717, 1.165) is 12.8 Å². The molecule has 0 heterocycles. The summed E-state index contributed by atoms with van der Waals surface area (Å²) in [5.74, 6) is -0.746. The third kappa shape index (κ3) is 2.33. The van der Waals surface area contributed by atoms with Crippen LogP contribution in [0.4, 0.5) is 4.39 Å². The Bertz CT molecular complexity index is 450. The Labute approximate surface area is 106 Å². The van der Waals surface area contributed by atoms with E-state index in [-0.39, 0.29) is 12.2 Å². The Morgan fingerprint density at radius 1 is 1.44 bits per heavy atom. The largest absolute Gasteiger partial charge is 0.497 e. The van der Waals surface area contributed by atoms with Crippen molar-refractivity contribution in [2.24, 2.45) is 5.41 Å². The van der Waals surface area contributed by atoms with Gasteiger partial charge in [-0.25, -0.2) is 4.39 Å². The lowest BCUT2D eigenvalue weighted by Crippen LogP contribution is -2.30. The molecule has 0 radical (unpaired) electrons. The van der Waals surface area contributed by atoms with Crippen molar-refractivity contribution < 1.29 is 19.0 Å². The number of hydrogen-bond donors (Lipinski definition) is 1. The molecule has 1 aromatic carbocycles. The van der Waals surface area contributed by atoms with Gasteiger partial charge in [-0.2, -0.15) is 0 Å². The minimum Gasteiger partial charge on any atom is -0.497 e. The fourth-order valence-electron chi connectivity index (χ4n) is 2.68. The maximum absolute atomic E-state index is 13.9. The summed E-state index contributed by atoms with van der Waals surface area (Å²) in [6.07, 6.45) is 3.34. The minimum atomic E-state index is -0.810. The van der Waals surface area contributed by atoms with Gasteiger partial charge in [0.1, 0.15) is 11.6 Å². The average Bonchev–Trinajstić information content (AvgIpc) is 2.81. The first-order valence-electron chi connectivity index (χ1n) is 6.13. The van der Waals surface area contributed by atoms with Crippen LogP contribution in [0.2, 0.25) is 0 Å². The molecular weight excluding hydrogens is 235 g/mol. The van der Waals surface area contributed by atoms with Gasteiger partial charge in [-0.3, -0.25) is 4.79 Å². The van der Waals surface area contributed by atoms with Crippen LogP contribution in [0.1, 0.15) is 31.2 Å². The lowest BCUT2D eigenvalue weighted by Gasteiger charge is -2.24. The van der Waals surface area contributed by atoms with Gasteiger partial charge in [0.25, 0.3) is 0 Å². The van der Waals surface area contributed by atoms with Crippen LogP contribution in [0.15, 0.2) is 18.2 Å². The molecule has 0 unspecified atom stereocenters. The number of methoxy groups -OCH3 is 1. The summed E-state index contributed by atoms with van der Waals surface area (Å²) in [6, 6.07) is 4.60. The Balaban J connectivity index is 2.24. The summed E-state index contributed by atoms with van der Waals surface area (Å²) in [6.45, 7) is 0. The number of benzene rings is 1. The zero-order chi connectivity index (χ0) is 13.2. The molecule has 2 rings (SSSR count).